The molecule has 1 aromatic carbocycles. The third-order valence-corrected chi connectivity index (χ3v) is 3.26. The van der Waals surface area contributed by atoms with Crippen LogP contribution >= 0.6 is 15.9 Å². The second kappa shape index (κ2) is 6.17. The van der Waals surface area contributed by atoms with Crippen LogP contribution in [0.25, 0.3) is 0 Å². The number of aryl methyl sites for hydroxylation is 1. The van der Waals surface area contributed by atoms with Crippen molar-refractivity contribution >= 4 is 15.9 Å². The van der Waals surface area contributed by atoms with Gasteiger partial charge in [-0.2, -0.15) is 0 Å². The van der Waals surface area contributed by atoms with E-state index in [4.69, 9.17) is 10.5 Å². The predicted molar refractivity (Wildman–Crippen MR) is 80.5 cm³/mol. The molecule has 1 heterocycles. The summed E-state index contributed by atoms with van der Waals surface area (Å²) in [6, 6.07) is 8.07. The summed E-state index contributed by atoms with van der Waals surface area (Å²) in [6.07, 6.45) is 4.32. The molecule has 2 N–H and O–H groups in total. The van der Waals surface area contributed by atoms with Gasteiger partial charge in [0, 0.05) is 12.2 Å². The van der Waals surface area contributed by atoms with Crippen LogP contribution in [0.3, 0.4) is 0 Å². The zero-order chi connectivity index (χ0) is 13.8. The van der Waals surface area contributed by atoms with E-state index in [-0.39, 0.29) is 6.04 Å². The van der Waals surface area contributed by atoms with Crippen molar-refractivity contribution in [2.75, 3.05) is 0 Å². The van der Waals surface area contributed by atoms with E-state index in [1.807, 2.05) is 44.3 Å². The summed E-state index contributed by atoms with van der Waals surface area (Å²) in [5, 5.41) is 0. The van der Waals surface area contributed by atoms with E-state index >= 15 is 0 Å². The SMILES string of the molecule is Cc1ccc(Oc2cncc(CC(C)N)c2)c(Br)c1. The van der Waals surface area contributed by atoms with E-state index in [0.29, 0.717) is 0 Å². The van der Waals surface area contributed by atoms with Crippen molar-refractivity contribution in [2.24, 2.45) is 5.73 Å². The molecule has 4 heteroatoms. The fourth-order valence-corrected chi connectivity index (χ4v) is 2.39. The number of hydrogen-bond acceptors (Lipinski definition) is 3. The molecule has 0 aliphatic heterocycles. The van der Waals surface area contributed by atoms with Crippen LogP contribution in [0.15, 0.2) is 41.1 Å². The maximum Gasteiger partial charge on any atom is 0.146 e. The Hall–Kier alpha value is -1.39. The van der Waals surface area contributed by atoms with Crippen molar-refractivity contribution in [3.63, 3.8) is 0 Å². The van der Waals surface area contributed by atoms with Gasteiger partial charge < -0.3 is 10.5 Å². The second-order valence-corrected chi connectivity index (χ2v) is 5.60. The van der Waals surface area contributed by atoms with Crippen molar-refractivity contribution < 1.29 is 4.74 Å². The number of ether oxygens (including phenoxy) is 1. The quantitative estimate of drug-likeness (QED) is 0.931. The first-order valence-electron chi connectivity index (χ1n) is 6.18. The topological polar surface area (TPSA) is 48.1 Å². The van der Waals surface area contributed by atoms with Gasteiger partial charge in [-0.05, 0) is 65.5 Å². The fourth-order valence-electron chi connectivity index (χ4n) is 1.82. The highest BCUT2D eigenvalue weighted by Gasteiger charge is 2.05. The van der Waals surface area contributed by atoms with E-state index in [9.17, 15) is 0 Å². The Kier molecular flexibility index (Phi) is 4.56. The average Bonchev–Trinajstić information content (AvgIpc) is 2.32. The Morgan fingerprint density at radius 2 is 2.11 bits per heavy atom. The predicted octanol–water partition coefficient (Wildman–Crippen LogP) is 3.83. The summed E-state index contributed by atoms with van der Waals surface area (Å²) >= 11 is 3.50. The van der Waals surface area contributed by atoms with E-state index < -0.39 is 0 Å². The molecule has 0 aliphatic rings. The number of halogens is 1. The van der Waals surface area contributed by atoms with Gasteiger partial charge in [0.15, 0.2) is 0 Å². The smallest absolute Gasteiger partial charge is 0.146 e. The van der Waals surface area contributed by atoms with Crippen molar-refractivity contribution in [3.8, 4) is 11.5 Å². The van der Waals surface area contributed by atoms with Crippen LogP contribution in [0.2, 0.25) is 0 Å². The van der Waals surface area contributed by atoms with Crippen molar-refractivity contribution in [3.05, 3.63) is 52.3 Å². The Balaban J connectivity index is 2.18. The van der Waals surface area contributed by atoms with Gasteiger partial charge >= 0.3 is 0 Å². The largest absolute Gasteiger partial charge is 0.455 e. The van der Waals surface area contributed by atoms with E-state index in [0.717, 1.165) is 28.0 Å². The lowest BCUT2D eigenvalue weighted by molar-refractivity contribution is 0.476. The molecule has 1 atom stereocenters. The van der Waals surface area contributed by atoms with Gasteiger partial charge in [0.25, 0.3) is 0 Å². The number of aromatic nitrogens is 1. The minimum Gasteiger partial charge on any atom is -0.455 e. The molecule has 0 fully saturated rings. The molecule has 0 spiro atoms. The lowest BCUT2D eigenvalue weighted by Gasteiger charge is -2.10. The van der Waals surface area contributed by atoms with Gasteiger partial charge in [-0.3, -0.25) is 4.98 Å². The van der Waals surface area contributed by atoms with Crippen molar-refractivity contribution in [2.45, 2.75) is 26.3 Å². The average molecular weight is 321 g/mol. The van der Waals surface area contributed by atoms with Crippen LogP contribution in [0, 0.1) is 6.92 Å². The van der Waals surface area contributed by atoms with Gasteiger partial charge in [-0.25, -0.2) is 0 Å². The third-order valence-electron chi connectivity index (χ3n) is 2.64. The molecule has 0 radical (unpaired) electrons. The Labute approximate surface area is 121 Å². The number of nitrogens with two attached hydrogens (primary N) is 1. The van der Waals surface area contributed by atoms with Gasteiger partial charge in [0.1, 0.15) is 11.5 Å². The zero-order valence-electron chi connectivity index (χ0n) is 11.1. The van der Waals surface area contributed by atoms with Crippen molar-refractivity contribution in [1.82, 2.24) is 4.98 Å². The Morgan fingerprint density at radius 1 is 1.32 bits per heavy atom. The van der Waals surface area contributed by atoms with Crippen LogP contribution < -0.4 is 10.5 Å². The van der Waals surface area contributed by atoms with Crippen LogP contribution in [-0.4, -0.2) is 11.0 Å². The molecular formula is C15H17BrN2O. The summed E-state index contributed by atoms with van der Waals surface area (Å²) in [5.41, 5.74) is 8.05. The maximum absolute atomic E-state index is 5.84. The Morgan fingerprint density at radius 3 is 2.79 bits per heavy atom. The second-order valence-electron chi connectivity index (χ2n) is 4.75. The van der Waals surface area contributed by atoms with E-state index in [2.05, 4.69) is 20.9 Å². The zero-order valence-corrected chi connectivity index (χ0v) is 12.6. The van der Waals surface area contributed by atoms with Gasteiger partial charge in [-0.1, -0.05) is 6.07 Å². The minimum atomic E-state index is 0.114. The maximum atomic E-state index is 5.84. The first kappa shape index (κ1) is 14.0. The van der Waals surface area contributed by atoms with E-state index in [1.54, 1.807) is 6.20 Å². The fraction of sp³-hybridized carbons (Fsp3) is 0.267. The van der Waals surface area contributed by atoms with E-state index in [1.165, 1.54) is 5.56 Å². The number of nitrogens with zero attached hydrogens (tertiary/aromatic N) is 1. The monoisotopic (exact) mass is 320 g/mol. The van der Waals surface area contributed by atoms with Crippen molar-refractivity contribution in [1.29, 1.82) is 0 Å². The molecule has 2 rings (SSSR count). The van der Waals surface area contributed by atoms with Gasteiger partial charge in [-0.15, -0.1) is 0 Å². The standard InChI is InChI=1S/C15H17BrN2O/c1-10-3-4-15(14(16)5-10)19-13-7-12(6-11(2)17)8-18-9-13/h3-5,7-9,11H,6,17H2,1-2H3. The lowest BCUT2D eigenvalue weighted by atomic mass is 10.1. The summed E-state index contributed by atoms with van der Waals surface area (Å²) in [6.45, 7) is 4.02. The highest BCUT2D eigenvalue weighted by atomic mass is 79.9. The van der Waals surface area contributed by atoms with Crippen LogP contribution in [-0.2, 0) is 6.42 Å². The minimum absolute atomic E-state index is 0.114. The highest BCUT2D eigenvalue weighted by molar-refractivity contribution is 9.10. The number of benzene rings is 1. The molecule has 0 amide bonds. The summed E-state index contributed by atoms with van der Waals surface area (Å²) in [4.78, 5) is 4.19. The molecule has 0 saturated heterocycles. The number of hydrogen-bond donors (Lipinski definition) is 1. The first-order chi connectivity index (χ1) is 9.04. The molecule has 1 unspecified atom stereocenters. The molecule has 0 aliphatic carbocycles. The highest BCUT2D eigenvalue weighted by Crippen LogP contribution is 2.30. The molecule has 1 aromatic heterocycles. The summed E-state index contributed by atoms with van der Waals surface area (Å²) < 4.78 is 6.77. The molecule has 3 nitrogen and oxygen atoms in total. The van der Waals surface area contributed by atoms with Gasteiger partial charge in [0.05, 0.1) is 10.7 Å². The molecule has 100 valence electrons. The molecule has 0 bridgehead atoms. The van der Waals surface area contributed by atoms with Gasteiger partial charge in [0.2, 0.25) is 0 Å². The summed E-state index contributed by atoms with van der Waals surface area (Å²) in [5.74, 6) is 1.51. The molecule has 2 aromatic rings. The van der Waals surface area contributed by atoms with Crippen LogP contribution in [0.4, 0.5) is 0 Å². The van der Waals surface area contributed by atoms with Crippen LogP contribution in [0.5, 0.6) is 11.5 Å². The normalized spacial score (nSPS) is 12.2. The summed E-state index contributed by atoms with van der Waals surface area (Å²) in [7, 11) is 0. The molecular weight excluding hydrogens is 304 g/mol. The number of pyridine rings is 1. The van der Waals surface area contributed by atoms with Crippen LogP contribution in [0.1, 0.15) is 18.1 Å². The molecule has 19 heavy (non-hydrogen) atoms. The first-order valence-corrected chi connectivity index (χ1v) is 6.97. The third kappa shape index (κ3) is 4.04. The Bertz CT molecular complexity index is 570. The molecule has 0 saturated carbocycles. The number of rotatable bonds is 4. The lowest BCUT2D eigenvalue weighted by Crippen LogP contribution is -2.17.